The Morgan fingerprint density at radius 3 is 2.83 bits per heavy atom. The first-order valence-corrected chi connectivity index (χ1v) is 5.23. The summed E-state index contributed by atoms with van der Waals surface area (Å²) in [4.78, 5) is 29.7. The molecular formula is C12H11N3O3. The fraction of sp³-hybridized carbons (Fsp3) is 0.167. The molecule has 0 saturated heterocycles. The summed E-state index contributed by atoms with van der Waals surface area (Å²) < 4.78 is 6.32. The molecule has 18 heavy (non-hydrogen) atoms. The monoisotopic (exact) mass is 245 g/mol. The van der Waals surface area contributed by atoms with Crippen molar-refractivity contribution in [2.45, 2.75) is 6.54 Å². The van der Waals surface area contributed by atoms with Crippen molar-refractivity contribution in [1.29, 1.82) is 0 Å². The zero-order valence-electron chi connectivity index (χ0n) is 9.74. The second-order valence-corrected chi connectivity index (χ2v) is 3.62. The van der Waals surface area contributed by atoms with E-state index in [1.54, 1.807) is 29.2 Å². The average molecular weight is 245 g/mol. The van der Waals surface area contributed by atoms with E-state index in [9.17, 15) is 9.59 Å². The van der Waals surface area contributed by atoms with Crippen LogP contribution in [0.3, 0.4) is 0 Å². The van der Waals surface area contributed by atoms with Gasteiger partial charge in [-0.2, -0.15) is 0 Å². The lowest BCUT2D eigenvalue weighted by Gasteiger charge is -2.02. The average Bonchev–Trinajstić information content (AvgIpc) is 2.86. The molecule has 0 spiro atoms. The molecule has 6 heteroatoms. The molecule has 2 rings (SSSR count). The first kappa shape index (κ1) is 12.0. The van der Waals surface area contributed by atoms with Crippen LogP contribution in [0.15, 0.2) is 30.9 Å². The van der Waals surface area contributed by atoms with Crippen molar-refractivity contribution in [3.05, 3.63) is 47.8 Å². The first-order valence-electron chi connectivity index (χ1n) is 5.23. The highest BCUT2D eigenvalue weighted by atomic mass is 16.5. The molecule has 2 heterocycles. The number of hydrogen-bond acceptors (Lipinski definition) is 5. The minimum Gasteiger partial charge on any atom is -0.465 e. The van der Waals surface area contributed by atoms with Crippen molar-refractivity contribution in [1.82, 2.24) is 14.5 Å². The second-order valence-electron chi connectivity index (χ2n) is 3.62. The van der Waals surface area contributed by atoms with Crippen LogP contribution in [0, 0.1) is 0 Å². The van der Waals surface area contributed by atoms with E-state index in [1.807, 2.05) is 0 Å². The fourth-order valence-electron chi connectivity index (χ4n) is 1.47. The summed E-state index contributed by atoms with van der Waals surface area (Å²) >= 11 is 0. The van der Waals surface area contributed by atoms with Crippen LogP contribution in [0.5, 0.6) is 0 Å². The Morgan fingerprint density at radius 1 is 1.44 bits per heavy atom. The summed E-state index contributed by atoms with van der Waals surface area (Å²) in [6.45, 7) is 0.488. The van der Waals surface area contributed by atoms with E-state index in [0.717, 1.165) is 5.69 Å². The lowest BCUT2D eigenvalue weighted by molar-refractivity contribution is 0.0600. The van der Waals surface area contributed by atoms with Crippen molar-refractivity contribution in [2.75, 3.05) is 7.11 Å². The Kier molecular flexibility index (Phi) is 3.47. The van der Waals surface area contributed by atoms with Crippen LogP contribution < -0.4 is 0 Å². The molecule has 2 aromatic rings. The van der Waals surface area contributed by atoms with E-state index in [4.69, 9.17) is 0 Å². The van der Waals surface area contributed by atoms with Gasteiger partial charge in [0.2, 0.25) is 0 Å². The van der Waals surface area contributed by atoms with Gasteiger partial charge >= 0.3 is 5.97 Å². The highest BCUT2D eigenvalue weighted by Gasteiger charge is 2.06. The number of nitrogens with zero attached hydrogens (tertiary/aromatic N) is 3. The Balaban J connectivity index is 2.10. The minimum atomic E-state index is -0.417. The summed E-state index contributed by atoms with van der Waals surface area (Å²) in [5.41, 5.74) is 1.54. The van der Waals surface area contributed by atoms with Crippen molar-refractivity contribution in [3.8, 4) is 0 Å². The van der Waals surface area contributed by atoms with E-state index in [0.29, 0.717) is 24.1 Å². The smallest absolute Gasteiger partial charge is 0.339 e. The Morgan fingerprint density at radius 2 is 2.28 bits per heavy atom. The number of ether oxygens (including phenoxy) is 1. The van der Waals surface area contributed by atoms with E-state index < -0.39 is 5.97 Å². The third kappa shape index (κ3) is 2.60. The molecule has 92 valence electrons. The topological polar surface area (TPSA) is 74.1 Å². The standard InChI is InChI=1S/C12H11N3O3/c1-18-12(17)9-2-3-10(13-4-9)5-15-6-11(7-16)14-8-15/h2-4,6-8H,5H2,1H3. The molecular weight excluding hydrogens is 234 g/mol. The summed E-state index contributed by atoms with van der Waals surface area (Å²) in [7, 11) is 1.32. The fourth-order valence-corrected chi connectivity index (χ4v) is 1.47. The van der Waals surface area contributed by atoms with Crippen LogP contribution in [0.4, 0.5) is 0 Å². The van der Waals surface area contributed by atoms with Crippen molar-refractivity contribution < 1.29 is 14.3 Å². The largest absolute Gasteiger partial charge is 0.465 e. The molecule has 6 nitrogen and oxygen atoms in total. The molecule has 0 saturated carbocycles. The van der Waals surface area contributed by atoms with Gasteiger partial charge in [-0.05, 0) is 12.1 Å². The number of rotatable bonds is 4. The summed E-state index contributed by atoms with van der Waals surface area (Å²) in [6, 6.07) is 3.37. The van der Waals surface area contributed by atoms with Gasteiger partial charge in [0.15, 0.2) is 6.29 Å². The summed E-state index contributed by atoms with van der Waals surface area (Å²) in [5, 5.41) is 0. The Labute approximate surface area is 103 Å². The molecule has 0 unspecified atom stereocenters. The molecule has 0 amide bonds. The van der Waals surface area contributed by atoms with Crippen LogP contribution in [0.25, 0.3) is 0 Å². The van der Waals surface area contributed by atoms with Crippen LogP contribution in [0.2, 0.25) is 0 Å². The van der Waals surface area contributed by atoms with Gasteiger partial charge in [0, 0.05) is 12.4 Å². The molecule has 0 N–H and O–H groups in total. The van der Waals surface area contributed by atoms with Crippen LogP contribution >= 0.6 is 0 Å². The van der Waals surface area contributed by atoms with Crippen molar-refractivity contribution in [3.63, 3.8) is 0 Å². The maximum absolute atomic E-state index is 11.2. The lowest BCUT2D eigenvalue weighted by Crippen LogP contribution is -2.04. The highest BCUT2D eigenvalue weighted by Crippen LogP contribution is 2.04. The van der Waals surface area contributed by atoms with Gasteiger partial charge in [-0.25, -0.2) is 9.78 Å². The normalized spacial score (nSPS) is 10.1. The molecule has 0 fully saturated rings. The van der Waals surface area contributed by atoms with Gasteiger partial charge in [0.25, 0.3) is 0 Å². The maximum atomic E-state index is 11.2. The number of carbonyl (C=O) groups excluding carboxylic acids is 2. The number of pyridine rings is 1. The SMILES string of the molecule is COC(=O)c1ccc(Cn2cnc(C=O)c2)nc1. The van der Waals surface area contributed by atoms with Gasteiger partial charge in [-0.3, -0.25) is 9.78 Å². The summed E-state index contributed by atoms with van der Waals surface area (Å²) in [5.74, 6) is -0.417. The summed E-state index contributed by atoms with van der Waals surface area (Å²) in [6.07, 6.45) is 5.32. The van der Waals surface area contributed by atoms with Crippen molar-refractivity contribution in [2.24, 2.45) is 0 Å². The number of imidazole rings is 1. The number of hydrogen-bond donors (Lipinski definition) is 0. The van der Waals surface area contributed by atoms with E-state index in [2.05, 4.69) is 14.7 Å². The van der Waals surface area contributed by atoms with Crippen molar-refractivity contribution >= 4 is 12.3 Å². The van der Waals surface area contributed by atoms with E-state index >= 15 is 0 Å². The van der Waals surface area contributed by atoms with Gasteiger partial charge in [0.05, 0.1) is 31.2 Å². The quantitative estimate of drug-likeness (QED) is 0.591. The molecule has 0 aliphatic carbocycles. The number of aldehydes is 1. The molecule has 0 aliphatic rings. The first-order chi connectivity index (χ1) is 8.72. The zero-order valence-corrected chi connectivity index (χ0v) is 9.74. The molecule has 0 aromatic carbocycles. The molecule has 2 aromatic heterocycles. The third-order valence-corrected chi connectivity index (χ3v) is 2.36. The molecule has 0 aliphatic heterocycles. The zero-order chi connectivity index (χ0) is 13.0. The third-order valence-electron chi connectivity index (χ3n) is 2.36. The van der Waals surface area contributed by atoms with Crippen LogP contribution in [-0.2, 0) is 11.3 Å². The number of esters is 1. The highest BCUT2D eigenvalue weighted by molar-refractivity contribution is 5.88. The Hall–Kier alpha value is -2.50. The van der Waals surface area contributed by atoms with Crippen LogP contribution in [-0.4, -0.2) is 33.9 Å². The molecule has 0 radical (unpaired) electrons. The predicted octanol–water partition coefficient (Wildman–Crippen LogP) is 0.925. The van der Waals surface area contributed by atoms with Gasteiger partial charge in [-0.1, -0.05) is 0 Å². The number of carbonyl (C=O) groups is 2. The lowest BCUT2D eigenvalue weighted by atomic mass is 10.2. The maximum Gasteiger partial charge on any atom is 0.339 e. The minimum absolute atomic E-state index is 0.376. The number of methoxy groups -OCH3 is 1. The van der Waals surface area contributed by atoms with Gasteiger partial charge < -0.3 is 9.30 Å². The number of aromatic nitrogens is 3. The van der Waals surface area contributed by atoms with Crippen LogP contribution in [0.1, 0.15) is 26.5 Å². The van der Waals surface area contributed by atoms with E-state index in [1.165, 1.54) is 13.3 Å². The second kappa shape index (κ2) is 5.22. The van der Waals surface area contributed by atoms with Gasteiger partial charge in [-0.15, -0.1) is 0 Å². The predicted molar refractivity (Wildman–Crippen MR) is 62.3 cm³/mol. The Bertz CT molecular complexity index is 560. The molecule has 0 atom stereocenters. The van der Waals surface area contributed by atoms with E-state index in [-0.39, 0.29) is 0 Å². The van der Waals surface area contributed by atoms with Gasteiger partial charge in [0.1, 0.15) is 5.69 Å². The molecule has 0 bridgehead atoms.